The van der Waals surface area contributed by atoms with Gasteiger partial charge in [-0.15, -0.1) is 0 Å². The van der Waals surface area contributed by atoms with Crippen molar-refractivity contribution in [3.8, 4) is 5.75 Å². The minimum Gasteiger partial charge on any atom is -0.494 e. The maximum atomic E-state index is 12.3. The van der Waals surface area contributed by atoms with Gasteiger partial charge in [-0.25, -0.2) is 8.42 Å². The molecule has 4 nitrogen and oxygen atoms in total. The Morgan fingerprint density at radius 3 is 2.75 bits per heavy atom. The largest absolute Gasteiger partial charge is 0.494 e. The molecule has 0 aromatic heterocycles. The first-order valence-electron chi connectivity index (χ1n) is 7.20. The first-order chi connectivity index (χ1) is 9.60. The summed E-state index contributed by atoms with van der Waals surface area (Å²) in [5.74, 6) is 1.07. The molecule has 5 heteroatoms. The number of ether oxygens (including phenoxy) is 1. The van der Waals surface area contributed by atoms with Gasteiger partial charge in [-0.1, -0.05) is 24.6 Å². The first kappa shape index (κ1) is 15.3. The molecule has 1 aliphatic rings. The first-order valence-corrected chi connectivity index (χ1v) is 8.92. The molecular formula is C15H23NO3S. The highest BCUT2D eigenvalue weighted by atomic mass is 32.2. The minimum atomic E-state index is -3.03. The molecule has 112 valence electrons. The highest BCUT2D eigenvalue weighted by Crippen LogP contribution is 2.34. The van der Waals surface area contributed by atoms with E-state index in [-0.39, 0.29) is 11.3 Å². The number of nitrogens with one attached hydrogen (secondary N) is 1. The maximum Gasteiger partial charge on any atom is 0.155 e. The van der Waals surface area contributed by atoms with Crippen LogP contribution in [0.25, 0.3) is 0 Å². The van der Waals surface area contributed by atoms with Gasteiger partial charge in [0.1, 0.15) is 5.75 Å². The van der Waals surface area contributed by atoms with E-state index in [0.717, 1.165) is 24.2 Å². The van der Waals surface area contributed by atoms with Crippen molar-refractivity contribution >= 4 is 9.84 Å². The summed E-state index contributed by atoms with van der Waals surface area (Å²) in [4.78, 5) is 0. The fourth-order valence-corrected chi connectivity index (χ4v) is 5.05. The van der Waals surface area contributed by atoms with E-state index in [1.165, 1.54) is 0 Å². The third kappa shape index (κ3) is 3.15. The van der Waals surface area contributed by atoms with Crippen molar-refractivity contribution in [2.45, 2.75) is 37.5 Å². The molecule has 1 aliphatic heterocycles. The van der Waals surface area contributed by atoms with Crippen LogP contribution in [0.1, 0.15) is 37.8 Å². The lowest BCUT2D eigenvalue weighted by molar-refractivity contribution is 0.330. The third-order valence-electron chi connectivity index (χ3n) is 3.87. The molecule has 0 radical (unpaired) electrons. The van der Waals surface area contributed by atoms with Crippen molar-refractivity contribution < 1.29 is 13.2 Å². The second-order valence-corrected chi connectivity index (χ2v) is 7.48. The molecule has 1 aromatic carbocycles. The smallest absolute Gasteiger partial charge is 0.155 e. The van der Waals surface area contributed by atoms with Crippen molar-refractivity contribution in [1.29, 1.82) is 0 Å². The summed E-state index contributed by atoms with van der Waals surface area (Å²) >= 11 is 0. The number of sulfone groups is 1. The van der Waals surface area contributed by atoms with E-state index in [1.54, 1.807) is 0 Å². The topological polar surface area (TPSA) is 55.4 Å². The molecule has 1 saturated heterocycles. The van der Waals surface area contributed by atoms with Crippen molar-refractivity contribution in [3.05, 3.63) is 29.8 Å². The molecule has 1 heterocycles. The van der Waals surface area contributed by atoms with E-state index in [9.17, 15) is 8.42 Å². The second kappa shape index (κ2) is 6.59. The number of hydrogen-bond acceptors (Lipinski definition) is 4. The monoisotopic (exact) mass is 297 g/mol. The van der Waals surface area contributed by atoms with Crippen molar-refractivity contribution in [2.24, 2.45) is 0 Å². The normalized spacial score (nSPS) is 23.2. The number of para-hydroxylation sites is 1. The summed E-state index contributed by atoms with van der Waals surface area (Å²) < 4.78 is 30.3. The summed E-state index contributed by atoms with van der Waals surface area (Å²) in [6.07, 6.45) is 2.47. The highest BCUT2D eigenvalue weighted by Gasteiger charge is 2.36. The van der Waals surface area contributed by atoms with Crippen LogP contribution >= 0.6 is 0 Å². The lowest BCUT2D eigenvalue weighted by Crippen LogP contribution is -2.39. The zero-order chi connectivity index (χ0) is 14.6. The van der Waals surface area contributed by atoms with Crippen LogP contribution in [0.15, 0.2) is 24.3 Å². The lowest BCUT2D eigenvalue weighted by Gasteiger charge is -2.31. The zero-order valence-electron chi connectivity index (χ0n) is 12.1. The number of hydrogen-bond donors (Lipinski definition) is 1. The molecule has 0 aliphatic carbocycles. The van der Waals surface area contributed by atoms with Crippen LogP contribution < -0.4 is 10.1 Å². The Morgan fingerprint density at radius 2 is 2.10 bits per heavy atom. The Morgan fingerprint density at radius 1 is 1.35 bits per heavy atom. The van der Waals surface area contributed by atoms with E-state index in [0.29, 0.717) is 18.8 Å². The van der Waals surface area contributed by atoms with Crippen LogP contribution in [0.2, 0.25) is 0 Å². The molecule has 0 bridgehead atoms. The van der Waals surface area contributed by atoms with Crippen LogP contribution in [0.4, 0.5) is 0 Å². The third-order valence-corrected chi connectivity index (χ3v) is 6.15. The van der Waals surface area contributed by atoms with Crippen LogP contribution in [0.3, 0.4) is 0 Å². The fraction of sp³-hybridized carbons (Fsp3) is 0.600. The van der Waals surface area contributed by atoms with Gasteiger partial charge in [0, 0.05) is 5.56 Å². The standard InChI is InChI=1S/C15H23NO3S/c1-3-19-13-9-5-4-8-12(13)15(16-2)14-10-6-7-11-20(14,17)18/h4-5,8-9,14-16H,3,6-7,10-11H2,1-2H3. The predicted molar refractivity (Wildman–Crippen MR) is 80.8 cm³/mol. The average molecular weight is 297 g/mol. The van der Waals surface area contributed by atoms with Gasteiger partial charge >= 0.3 is 0 Å². The van der Waals surface area contributed by atoms with Crippen LogP contribution in [-0.2, 0) is 9.84 Å². The van der Waals surface area contributed by atoms with Gasteiger partial charge in [-0.05, 0) is 32.9 Å². The molecule has 2 rings (SSSR count). The summed E-state index contributed by atoms with van der Waals surface area (Å²) in [6.45, 7) is 2.51. The van der Waals surface area contributed by atoms with E-state index in [4.69, 9.17) is 4.74 Å². The van der Waals surface area contributed by atoms with Crippen LogP contribution in [0, 0.1) is 0 Å². The van der Waals surface area contributed by atoms with E-state index >= 15 is 0 Å². The minimum absolute atomic E-state index is 0.206. The molecule has 1 fully saturated rings. The van der Waals surface area contributed by atoms with Gasteiger partial charge < -0.3 is 10.1 Å². The number of rotatable bonds is 5. The van der Waals surface area contributed by atoms with E-state index in [1.807, 2.05) is 38.2 Å². The SMILES string of the molecule is CCOc1ccccc1C(NC)C1CCCCS1(=O)=O. The van der Waals surface area contributed by atoms with Gasteiger partial charge in [0.2, 0.25) is 0 Å². The van der Waals surface area contributed by atoms with Crippen molar-refractivity contribution in [1.82, 2.24) is 5.32 Å². The van der Waals surface area contributed by atoms with Crippen LogP contribution in [-0.4, -0.2) is 33.1 Å². The average Bonchev–Trinajstić information content (AvgIpc) is 2.43. The quantitative estimate of drug-likeness (QED) is 0.906. The molecule has 1 N–H and O–H groups in total. The van der Waals surface area contributed by atoms with Gasteiger partial charge in [-0.2, -0.15) is 0 Å². The Hall–Kier alpha value is -1.07. The highest BCUT2D eigenvalue weighted by molar-refractivity contribution is 7.92. The van der Waals surface area contributed by atoms with Gasteiger partial charge in [0.25, 0.3) is 0 Å². The molecule has 0 saturated carbocycles. The van der Waals surface area contributed by atoms with Crippen molar-refractivity contribution in [2.75, 3.05) is 19.4 Å². The van der Waals surface area contributed by atoms with Crippen molar-refractivity contribution in [3.63, 3.8) is 0 Å². The molecule has 20 heavy (non-hydrogen) atoms. The predicted octanol–water partition coefficient (Wildman–Crippen LogP) is 2.31. The fourth-order valence-electron chi connectivity index (χ4n) is 2.92. The van der Waals surface area contributed by atoms with Gasteiger partial charge in [-0.3, -0.25) is 0 Å². The Kier molecular flexibility index (Phi) is 5.05. The molecule has 1 aromatic rings. The molecule has 0 spiro atoms. The summed E-state index contributed by atoms with van der Waals surface area (Å²) in [5, 5.41) is 2.82. The Bertz CT molecular complexity index is 542. The summed E-state index contributed by atoms with van der Waals surface area (Å²) in [7, 11) is -1.22. The van der Waals surface area contributed by atoms with E-state index < -0.39 is 9.84 Å². The molecule has 2 unspecified atom stereocenters. The van der Waals surface area contributed by atoms with E-state index in [2.05, 4.69) is 5.32 Å². The maximum absolute atomic E-state index is 12.3. The lowest BCUT2D eigenvalue weighted by atomic mass is 9.98. The summed E-state index contributed by atoms with van der Waals surface area (Å²) in [5.41, 5.74) is 0.937. The molecular weight excluding hydrogens is 274 g/mol. The Labute approximate surface area is 121 Å². The van der Waals surface area contributed by atoms with Crippen LogP contribution in [0.5, 0.6) is 5.75 Å². The van der Waals surface area contributed by atoms with Gasteiger partial charge in [0.05, 0.1) is 23.7 Å². The van der Waals surface area contributed by atoms with Gasteiger partial charge in [0.15, 0.2) is 9.84 Å². The Balaban J connectivity index is 2.37. The number of benzene rings is 1. The second-order valence-electron chi connectivity index (χ2n) is 5.14. The molecule has 2 atom stereocenters. The molecule has 0 amide bonds. The summed E-state index contributed by atoms with van der Waals surface area (Å²) in [6, 6.07) is 7.49. The zero-order valence-corrected chi connectivity index (χ0v) is 12.9.